The van der Waals surface area contributed by atoms with E-state index in [1.165, 1.54) is 12.1 Å². The van der Waals surface area contributed by atoms with Crippen molar-refractivity contribution in [1.82, 2.24) is 9.88 Å². The molecule has 1 saturated heterocycles. The molecule has 2 aromatic carbocycles. The number of anilines is 2. The Kier molecular flexibility index (Phi) is 4.52. The van der Waals surface area contributed by atoms with Crippen LogP contribution in [-0.4, -0.2) is 28.9 Å². The summed E-state index contributed by atoms with van der Waals surface area (Å²) in [6.45, 7) is 5.56. The molecule has 4 rings (SSSR count). The first-order valence-corrected chi connectivity index (χ1v) is 9.25. The lowest BCUT2D eigenvalue weighted by Gasteiger charge is -2.20. The highest BCUT2D eigenvalue weighted by Gasteiger charge is 2.24. The lowest BCUT2D eigenvalue weighted by atomic mass is 10.1. The molecule has 0 saturated carbocycles. The second-order valence-corrected chi connectivity index (χ2v) is 7.15. The van der Waals surface area contributed by atoms with Crippen LogP contribution in [0.5, 0.6) is 0 Å². The van der Waals surface area contributed by atoms with Crippen molar-refractivity contribution in [2.75, 3.05) is 18.4 Å². The Hall–Kier alpha value is -2.95. The van der Waals surface area contributed by atoms with Crippen molar-refractivity contribution in [2.24, 2.45) is 0 Å². The van der Waals surface area contributed by atoms with Gasteiger partial charge in [-0.05, 0) is 56.5 Å². The molecule has 4 nitrogen and oxygen atoms in total. The van der Waals surface area contributed by atoms with E-state index in [0.717, 1.165) is 42.7 Å². The molecule has 27 heavy (non-hydrogen) atoms. The van der Waals surface area contributed by atoms with Gasteiger partial charge in [-0.1, -0.05) is 17.7 Å². The first-order chi connectivity index (χ1) is 13.0. The van der Waals surface area contributed by atoms with Crippen molar-refractivity contribution >= 4 is 28.2 Å². The second-order valence-electron chi connectivity index (χ2n) is 7.15. The summed E-state index contributed by atoms with van der Waals surface area (Å²) in [5, 5.41) is 4.00. The van der Waals surface area contributed by atoms with E-state index < -0.39 is 0 Å². The molecule has 5 heteroatoms. The van der Waals surface area contributed by atoms with Crippen LogP contribution in [0.15, 0.2) is 42.6 Å². The quantitative estimate of drug-likeness (QED) is 0.714. The molecule has 138 valence electrons. The summed E-state index contributed by atoms with van der Waals surface area (Å²) >= 11 is 0. The fraction of sp³-hybridized carbons (Fsp3) is 0.273. The van der Waals surface area contributed by atoms with Crippen LogP contribution in [0.3, 0.4) is 0 Å². The molecule has 1 aliphatic heterocycles. The van der Waals surface area contributed by atoms with Crippen LogP contribution in [0, 0.1) is 19.7 Å². The maximum atomic E-state index is 14.0. The number of nitrogens with one attached hydrogen (secondary N) is 1. The fourth-order valence-electron chi connectivity index (χ4n) is 3.64. The molecule has 0 atom stereocenters. The van der Waals surface area contributed by atoms with Crippen molar-refractivity contribution < 1.29 is 9.18 Å². The van der Waals surface area contributed by atoms with Gasteiger partial charge in [-0.3, -0.25) is 9.78 Å². The summed E-state index contributed by atoms with van der Waals surface area (Å²) in [6, 6.07) is 10.5. The standard InChI is InChI=1S/C22H22FN3O/c1-14-5-7-19(15(2)11-14)25-21-17-12-16(23)6-8-20(17)24-13-18(21)22(27)26-9-3-4-10-26/h5-8,11-13H,3-4,9-10H2,1-2H3,(H,24,25). The summed E-state index contributed by atoms with van der Waals surface area (Å²) in [5.74, 6) is -0.405. The minimum atomic E-state index is -0.348. The molecule has 1 amide bonds. The van der Waals surface area contributed by atoms with Crippen molar-refractivity contribution in [2.45, 2.75) is 26.7 Å². The summed E-state index contributed by atoms with van der Waals surface area (Å²) in [5.41, 5.74) is 4.88. The Labute approximate surface area is 158 Å². The Morgan fingerprint density at radius 3 is 2.63 bits per heavy atom. The van der Waals surface area contributed by atoms with E-state index in [0.29, 0.717) is 22.2 Å². The molecule has 1 N–H and O–H groups in total. The van der Waals surface area contributed by atoms with Gasteiger partial charge in [0.25, 0.3) is 5.91 Å². The SMILES string of the molecule is Cc1ccc(Nc2c(C(=O)N3CCCC3)cnc3ccc(F)cc23)c(C)c1. The number of carbonyl (C=O) groups is 1. The topological polar surface area (TPSA) is 45.2 Å². The van der Waals surface area contributed by atoms with Crippen LogP contribution in [0.4, 0.5) is 15.8 Å². The molecule has 2 heterocycles. The van der Waals surface area contributed by atoms with E-state index in [4.69, 9.17) is 0 Å². The number of amides is 1. The number of pyridine rings is 1. The molecule has 1 aliphatic rings. The summed E-state index contributed by atoms with van der Waals surface area (Å²) in [6.07, 6.45) is 3.63. The number of likely N-dealkylation sites (tertiary alicyclic amines) is 1. The maximum absolute atomic E-state index is 14.0. The van der Waals surface area contributed by atoms with Crippen molar-refractivity contribution in [3.05, 3.63) is 65.1 Å². The molecule has 0 spiro atoms. The van der Waals surface area contributed by atoms with Crippen LogP contribution >= 0.6 is 0 Å². The zero-order chi connectivity index (χ0) is 19.0. The number of hydrogen-bond donors (Lipinski definition) is 1. The van der Waals surface area contributed by atoms with Crippen molar-refractivity contribution in [3.63, 3.8) is 0 Å². The van der Waals surface area contributed by atoms with Crippen LogP contribution in [-0.2, 0) is 0 Å². The van der Waals surface area contributed by atoms with Crippen molar-refractivity contribution in [1.29, 1.82) is 0 Å². The van der Waals surface area contributed by atoms with Gasteiger partial charge in [-0.15, -0.1) is 0 Å². The molecule has 1 fully saturated rings. The van der Waals surface area contributed by atoms with Gasteiger partial charge in [0.05, 0.1) is 16.8 Å². The summed E-state index contributed by atoms with van der Waals surface area (Å²) < 4.78 is 14.0. The van der Waals surface area contributed by atoms with E-state index in [2.05, 4.69) is 16.4 Å². The monoisotopic (exact) mass is 363 g/mol. The molecule has 0 bridgehead atoms. The number of aromatic nitrogens is 1. The lowest BCUT2D eigenvalue weighted by molar-refractivity contribution is 0.0793. The molecular weight excluding hydrogens is 341 g/mol. The Morgan fingerprint density at radius 1 is 1.11 bits per heavy atom. The predicted octanol–water partition coefficient (Wildman–Crippen LogP) is 4.97. The third-order valence-corrected chi connectivity index (χ3v) is 5.10. The van der Waals surface area contributed by atoms with E-state index in [1.54, 1.807) is 12.3 Å². The number of benzene rings is 2. The number of rotatable bonds is 3. The first-order valence-electron chi connectivity index (χ1n) is 9.25. The third-order valence-electron chi connectivity index (χ3n) is 5.10. The molecule has 0 unspecified atom stereocenters. The Morgan fingerprint density at radius 2 is 1.89 bits per heavy atom. The fourth-order valence-corrected chi connectivity index (χ4v) is 3.64. The molecular formula is C22H22FN3O. The van der Waals surface area contributed by atoms with Crippen molar-refractivity contribution in [3.8, 4) is 0 Å². The smallest absolute Gasteiger partial charge is 0.257 e. The van der Waals surface area contributed by atoms with Gasteiger partial charge in [-0.25, -0.2) is 4.39 Å². The lowest BCUT2D eigenvalue weighted by Crippen LogP contribution is -2.28. The highest BCUT2D eigenvalue weighted by Crippen LogP contribution is 2.32. The normalized spacial score (nSPS) is 14.0. The number of halogens is 1. The van der Waals surface area contributed by atoms with Gasteiger partial charge in [-0.2, -0.15) is 0 Å². The molecule has 0 aliphatic carbocycles. The Balaban J connectivity index is 1.87. The third kappa shape index (κ3) is 3.37. The maximum Gasteiger partial charge on any atom is 0.257 e. The summed E-state index contributed by atoms with van der Waals surface area (Å²) in [7, 11) is 0. The highest BCUT2D eigenvalue weighted by atomic mass is 19.1. The Bertz CT molecular complexity index is 1030. The zero-order valence-electron chi connectivity index (χ0n) is 15.6. The van der Waals surface area contributed by atoms with Gasteiger partial charge >= 0.3 is 0 Å². The van der Waals surface area contributed by atoms with E-state index in [1.807, 2.05) is 30.9 Å². The van der Waals surface area contributed by atoms with Gasteiger partial charge in [0, 0.05) is 30.4 Å². The highest BCUT2D eigenvalue weighted by molar-refractivity contribution is 6.08. The number of nitrogens with zero attached hydrogens (tertiary/aromatic N) is 2. The number of carbonyl (C=O) groups excluding carboxylic acids is 1. The average molecular weight is 363 g/mol. The second kappa shape index (κ2) is 6.99. The first kappa shape index (κ1) is 17.5. The molecule has 1 aromatic heterocycles. The van der Waals surface area contributed by atoms with Gasteiger partial charge in [0.1, 0.15) is 5.82 Å². The molecule has 0 radical (unpaired) electrons. The summed E-state index contributed by atoms with van der Waals surface area (Å²) in [4.78, 5) is 19.3. The zero-order valence-corrected chi connectivity index (χ0v) is 15.6. The van der Waals surface area contributed by atoms with Gasteiger partial charge in [0.2, 0.25) is 0 Å². The van der Waals surface area contributed by atoms with E-state index in [9.17, 15) is 9.18 Å². The predicted molar refractivity (Wildman–Crippen MR) is 106 cm³/mol. The minimum Gasteiger partial charge on any atom is -0.354 e. The van der Waals surface area contributed by atoms with E-state index >= 15 is 0 Å². The van der Waals surface area contributed by atoms with Gasteiger partial charge in [0.15, 0.2) is 0 Å². The number of hydrogen-bond acceptors (Lipinski definition) is 3. The number of fused-ring (bicyclic) bond motifs is 1. The largest absolute Gasteiger partial charge is 0.354 e. The van der Waals surface area contributed by atoms with Gasteiger partial charge < -0.3 is 10.2 Å². The number of aryl methyl sites for hydroxylation is 2. The van der Waals surface area contributed by atoms with Crippen LogP contribution < -0.4 is 5.32 Å². The van der Waals surface area contributed by atoms with Crippen LogP contribution in [0.1, 0.15) is 34.3 Å². The molecule has 3 aromatic rings. The average Bonchev–Trinajstić information content (AvgIpc) is 3.18. The van der Waals surface area contributed by atoms with E-state index in [-0.39, 0.29) is 11.7 Å². The van der Waals surface area contributed by atoms with Crippen LogP contribution in [0.2, 0.25) is 0 Å². The van der Waals surface area contributed by atoms with Crippen LogP contribution in [0.25, 0.3) is 10.9 Å². The minimum absolute atomic E-state index is 0.0570.